The number of nitrogens with zero attached hydrogens (tertiary/aromatic N) is 2. The van der Waals surface area contributed by atoms with Crippen LogP contribution in [0.15, 0.2) is 76.6 Å². The van der Waals surface area contributed by atoms with Gasteiger partial charge in [-0.15, -0.1) is 0 Å². The molecule has 0 aliphatic carbocycles. The van der Waals surface area contributed by atoms with Crippen molar-refractivity contribution in [2.45, 2.75) is 18.4 Å². The third kappa shape index (κ3) is 6.12. The Morgan fingerprint density at radius 1 is 1.03 bits per heavy atom. The number of carbonyl (C=O) groups is 1. The number of hydrogen-bond donors (Lipinski definition) is 1. The first-order valence-electron chi connectivity index (χ1n) is 10.6. The predicted molar refractivity (Wildman–Crippen MR) is 140 cm³/mol. The maximum absolute atomic E-state index is 12.9. The molecule has 1 aromatic heterocycles. The summed E-state index contributed by atoms with van der Waals surface area (Å²) in [6.07, 6.45) is 0. The minimum atomic E-state index is -3.79. The van der Waals surface area contributed by atoms with Gasteiger partial charge in [-0.3, -0.25) is 9.52 Å². The molecule has 0 aliphatic heterocycles. The summed E-state index contributed by atoms with van der Waals surface area (Å²) < 4.78 is 35.9. The van der Waals surface area contributed by atoms with Crippen LogP contribution < -0.4 is 9.52 Å². The van der Waals surface area contributed by atoms with Crippen LogP contribution in [0.4, 0.5) is 5.69 Å². The number of fused-ring (bicyclic) bond motifs is 1. The molecule has 35 heavy (non-hydrogen) atoms. The first-order valence-corrected chi connectivity index (χ1v) is 13.7. The summed E-state index contributed by atoms with van der Waals surface area (Å²) in [5.74, 6) is -0.445. The van der Waals surface area contributed by atoms with Crippen LogP contribution in [-0.4, -0.2) is 32.1 Å². The fourth-order valence-corrected chi connectivity index (χ4v) is 5.82. The molecule has 0 atom stereocenters. The second kappa shape index (κ2) is 10.9. The zero-order valence-corrected chi connectivity index (χ0v) is 21.7. The largest absolute Gasteiger partial charge is 0.380 e. The maximum atomic E-state index is 12.9. The van der Waals surface area contributed by atoms with Crippen molar-refractivity contribution >= 4 is 66.4 Å². The van der Waals surface area contributed by atoms with E-state index in [1.807, 2.05) is 23.6 Å². The number of rotatable bonds is 8. The molecule has 0 unspecified atom stereocenters. The van der Waals surface area contributed by atoms with E-state index in [0.29, 0.717) is 45.9 Å². The first-order chi connectivity index (χ1) is 16.8. The van der Waals surface area contributed by atoms with Crippen LogP contribution in [0.5, 0.6) is 0 Å². The molecule has 3 aromatic carbocycles. The number of aromatic nitrogens is 1. The predicted octanol–water partition coefficient (Wildman–Crippen LogP) is 5.59. The number of sulfonamides is 1. The molecule has 182 valence electrons. The minimum absolute atomic E-state index is 0.0820. The number of hydrogen-bond acceptors (Lipinski definition) is 5. The molecule has 4 rings (SSSR count). The van der Waals surface area contributed by atoms with Crippen molar-refractivity contribution in [2.24, 2.45) is 4.99 Å². The summed E-state index contributed by atoms with van der Waals surface area (Å²) >= 11 is 13.3. The van der Waals surface area contributed by atoms with Crippen LogP contribution in [0, 0.1) is 0 Å². The van der Waals surface area contributed by atoms with E-state index < -0.39 is 15.9 Å². The first kappa shape index (κ1) is 25.4. The molecule has 0 aliphatic rings. The molecule has 1 N–H and O–H groups in total. The summed E-state index contributed by atoms with van der Waals surface area (Å²) in [7, 11) is -3.79. The van der Waals surface area contributed by atoms with Gasteiger partial charge in [0.1, 0.15) is 0 Å². The normalized spacial score (nSPS) is 12.3. The van der Waals surface area contributed by atoms with Gasteiger partial charge in [0.15, 0.2) is 4.80 Å². The van der Waals surface area contributed by atoms with Gasteiger partial charge in [-0.05, 0) is 73.7 Å². The average Bonchev–Trinajstić information content (AvgIpc) is 3.15. The van der Waals surface area contributed by atoms with Gasteiger partial charge < -0.3 is 9.30 Å². The van der Waals surface area contributed by atoms with Crippen LogP contribution in [-0.2, 0) is 21.3 Å². The number of benzene rings is 3. The maximum Gasteiger partial charge on any atom is 0.279 e. The molecule has 0 saturated heterocycles. The Labute approximate surface area is 216 Å². The van der Waals surface area contributed by atoms with Crippen LogP contribution in [0.3, 0.4) is 0 Å². The Morgan fingerprint density at radius 2 is 1.71 bits per heavy atom. The zero-order valence-electron chi connectivity index (χ0n) is 18.6. The molecule has 4 aromatic rings. The minimum Gasteiger partial charge on any atom is -0.380 e. The molecular weight excluding hydrogens is 529 g/mol. The molecule has 11 heteroatoms. The fourth-order valence-electron chi connectivity index (χ4n) is 3.31. The fraction of sp³-hybridized carbons (Fsp3) is 0.167. The number of nitrogens with one attached hydrogen (secondary N) is 1. The average molecular weight is 550 g/mol. The highest BCUT2D eigenvalue weighted by Gasteiger charge is 2.15. The van der Waals surface area contributed by atoms with Crippen LogP contribution in [0.1, 0.15) is 17.3 Å². The van der Waals surface area contributed by atoms with Crippen molar-refractivity contribution in [3.05, 3.63) is 87.1 Å². The summed E-state index contributed by atoms with van der Waals surface area (Å²) in [6, 6.07) is 17.5. The molecular formula is C24H21Cl2N3O4S2. The highest BCUT2D eigenvalue weighted by atomic mass is 35.5. The second-order valence-corrected chi connectivity index (χ2v) is 11.0. The lowest BCUT2D eigenvalue weighted by molar-refractivity contribution is 0.0996. The third-order valence-corrected chi connectivity index (χ3v) is 7.94. The van der Waals surface area contributed by atoms with Crippen molar-refractivity contribution in [2.75, 3.05) is 17.9 Å². The second-order valence-electron chi connectivity index (χ2n) is 7.40. The number of anilines is 1. The molecule has 1 amide bonds. The molecule has 0 saturated carbocycles. The van der Waals surface area contributed by atoms with E-state index in [9.17, 15) is 13.2 Å². The molecule has 1 heterocycles. The van der Waals surface area contributed by atoms with Gasteiger partial charge in [0.2, 0.25) is 0 Å². The van der Waals surface area contributed by atoms with E-state index in [4.69, 9.17) is 27.9 Å². The van der Waals surface area contributed by atoms with E-state index in [1.165, 1.54) is 59.9 Å². The number of carbonyl (C=O) groups excluding carboxylic acids is 1. The van der Waals surface area contributed by atoms with Gasteiger partial charge in [0.25, 0.3) is 15.9 Å². The van der Waals surface area contributed by atoms with Crippen LogP contribution in [0.2, 0.25) is 10.0 Å². The topological polar surface area (TPSA) is 89.8 Å². The van der Waals surface area contributed by atoms with Gasteiger partial charge >= 0.3 is 0 Å². The summed E-state index contributed by atoms with van der Waals surface area (Å²) in [5, 5.41) is 1.04. The Balaban J connectivity index is 1.58. The number of ether oxygens (including phenoxy) is 1. The van der Waals surface area contributed by atoms with Crippen molar-refractivity contribution < 1.29 is 17.9 Å². The SMILES string of the molecule is CCOCCn1c(=NC(=O)c2ccc(NS(=O)(=O)c3ccc(Cl)cc3)cc2)sc2cc(Cl)ccc21. The number of thiazole rings is 1. The lowest BCUT2D eigenvalue weighted by Crippen LogP contribution is -2.19. The lowest BCUT2D eigenvalue weighted by atomic mass is 10.2. The van der Waals surface area contributed by atoms with Crippen molar-refractivity contribution in [1.82, 2.24) is 4.57 Å². The van der Waals surface area contributed by atoms with Crippen LogP contribution >= 0.6 is 34.5 Å². The zero-order chi connectivity index (χ0) is 25.0. The summed E-state index contributed by atoms with van der Waals surface area (Å²) in [4.78, 5) is 17.8. The Hall–Kier alpha value is -2.69. The highest BCUT2D eigenvalue weighted by molar-refractivity contribution is 7.92. The summed E-state index contributed by atoms with van der Waals surface area (Å²) in [6.45, 7) is 3.53. The van der Waals surface area contributed by atoms with Gasteiger partial charge in [-0.25, -0.2) is 8.42 Å². The lowest BCUT2D eigenvalue weighted by Gasteiger charge is -2.08. The smallest absolute Gasteiger partial charge is 0.279 e. The van der Waals surface area contributed by atoms with E-state index in [2.05, 4.69) is 9.71 Å². The van der Waals surface area contributed by atoms with Crippen LogP contribution in [0.25, 0.3) is 10.2 Å². The quantitative estimate of drug-likeness (QED) is 0.290. The molecule has 0 bridgehead atoms. The van der Waals surface area contributed by atoms with Gasteiger partial charge in [-0.2, -0.15) is 4.99 Å². The van der Waals surface area contributed by atoms with Crippen molar-refractivity contribution in [3.8, 4) is 0 Å². The molecule has 7 nitrogen and oxygen atoms in total. The molecule has 0 radical (unpaired) electrons. The third-order valence-electron chi connectivity index (χ3n) is 5.01. The van der Waals surface area contributed by atoms with Gasteiger partial charge in [-0.1, -0.05) is 34.5 Å². The van der Waals surface area contributed by atoms with Gasteiger partial charge in [0.05, 0.1) is 21.7 Å². The Bertz CT molecular complexity index is 1530. The standard InChI is InChI=1S/C24H21Cl2N3O4S2/c1-2-33-14-13-29-21-12-7-18(26)15-22(21)34-24(29)27-23(30)16-3-8-19(9-4-16)28-35(31,32)20-10-5-17(25)6-11-20/h3-12,15,28H,2,13-14H2,1H3. The van der Waals surface area contributed by atoms with E-state index in [0.717, 1.165) is 10.2 Å². The van der Waals surface area contributed by atoms with Crippen molar-refractivity contribution in [1.29, 1.82) is 0 Å². The molecule has 0 spiro atoms. The van der Waals surface area contributed by atoms with Crippen molar-refractivity contribution in [3.63, 3.8) is 0 Å². The summed E-state index contributed by atoms with van der Waals surface area (Å²) in [5.41, 5.74) is 1.56. The Kier molecular flexibility index (Phi) is 7.93. The monoisotopic (exact) mass is 549 g/mol. The van der Waals surface area contributed by atoms with Gasteiger partial charge in [0, 0.05) is 34.4 Å². The van der Waals surface area contributed by atoms with E-state index in [-0.39, 0.29) is 4.90 Å². The highest BCUT2D eigenvalue weighted by Crippen LogP contribution is 2.22. The van der Waals surface area contributed by atoms with E-state index >= 15 is 0 Å². The number of halogens is 2. The Morgan fingerprint density at radius 3 is 2.40 bits per heavy atom. The molecule has 0 fully saturated rings. The van der Waals surface area contributed by atoms with E-state index in [1.54, 1.807) is 6.07 Å². The number of amides is 1.